The van der Waals surface area contributed by atoms with Gasteiger partial charge in [-0.15, -0.1) is 0 Å². The van der Waals surface area contributed by atoms with Crippen LogP contribution in [-0.2, 0) is 9.53 Å². The highest BCUT2D eigenvalue weighted by Crippen LogP contribution is 2.45. The van der Waals surface area contributed by atoms with E-state index in [4.69, 9.17) is 4.74 Å². The Bertz CT molecular complexity index is 892. The summed E-state index contributed by atoms with van der Waals surface area (Å²) in [5.41, 5.74) is 1.33. The second-order valence-corrected chi connectivity index (χ2v) is 7.67. The third kappa shape index (κ3) is 3.87. The van der Waals surface area contributed by atoms with Gasteiger partial charge < -0.3 is 14.5 Å². The maximum atomic E-state index is 13.5. The zero-order valence-electron chi connectivity index (χ0n) is 16.3. The van der Waals surface area contributed by atoms with Gasteiger partial charge in [0.1, 0.15) is 5.82 Å². The van der Waals surface area contributed by atoms with Gasteiger partial charge in [0.2, 0.25) is 5.91 Å². The van der Waals surface area contributed by atoms with Crippen LogP contribution in [0.5, 0.6) is 0 Å². The lowest BCUT2D eigenvalue weighted by Crippen LogP contribution is -2.37. The third-order valence-electron chi connectivity index (χ3n) is 5.88. The molecule has 2 amide bonds. The Morgan fingerprint density at radius 3 is 2.69 bits per heavy atom. The summed E-state index contributed by atoms with van der Waals surface area (Å²) in [5.74, 6) is -0.323. The van der Waals surface area contributed by atoms with Gasteiger partial charge in [-0.25, -0.2) is 4.39 Å². The average molecular weight is 397 g/mol. The van der Waals surface area contributed by atoms with Crippen LogP contribution < -0.4 is 0 Å². The molecule has 2 fully saturated rings. The first-order valence-electron chi connectivity index (χ1n) is 9.81. The number of pyridine rings is 1. The molecular weight excluding hydrogens is 373 g/mol. The third-order valence-corrected chi connectivity index (χ3v) is 5.88. The number of likely N-dealkylation sites (tertiary alicyclic amines) is 2. The van der Waals surface area contributed by atoms with E-state index in [2.05, 4.69) is 4.98 Å². The Balaban J connectivity index is 1.56. The summed E-state index contributed by atoms with van der Waals surface area (Å²) < 4.78 is 18.6. The molecule has 3 heterocycles. The number of nitrogens with zero attached hydrogens (tertiary/aromatic N) is 3. The molecule has 4 rings (SSSR count). The van der Waals surface area contributed by atoms with Crippen LogP contribution in [0, 0.1) is 17.7 Å². The van der Waals surface area contributed by atoms with Crippen molar-refractivity contribution in [2.75, 3.05) is 33.4 Å². The number of hydrogen-bond acceptors (Lipinski definition) is 4. The number of halogens is 1. The van der Waals surface area contributed by atoms with E-state index in [-0.39, 0.29) is 35.3 Å². The van der Waals surface area contributed by atoms with E-state index in [0.717, 1.165) is 11.8 Å². The minimum Gasteiger partial charge on any atom is -0.384 e. The summed E-state index contributed by atoms with van der Waals surface area (Å²) in [6, 6.07) is 11.1. The van der Waals surface area contributed by atoms with E-state index in [1.54, 1.807) is 12.0 Å². The van der Waals surface area contributed by atoms with Gasteiger partial charge >= 0.3 is 0 Å². The second-order valence-electron chi connectivity index (χ2n) is 7.67. The monoisotopic (exact) mass is 397 g/mol. The minimum atomic E-state index is -0.521. The van der Waals surface area contributed by atoms with Crippen molar-refractivity contribution in [3.63, 3.8) is 0 Å². The van der Waals surface area contributed by atoms with Crippen molar-refractivity contribution in [2.45, 2.75) is 12.5 Å². The second kappa shape index (κ2) is 8.29. The summed E-state index contributed by atoms with van der Waals surface area (Å²) >= 11 is 0. The summed E-state index contributed by atoms with van der Waals surface area (Å²) in [7, 11) is 1.59. The molecule has 29 heavy (non-hydrogen) atoms. The van der Waals surface area contributed by atoms with Crippen LogP contribution >= 0.6 is 0 Å². The molecule has 0 radical (unpaired) electrons. The van der Waals surface area contributed by atoms with E-state index >= 15 is 0 Å². The number of carbonyl (C=O) groups is 2. The average Bonchev–Trinajstić information content (AvgIpc) is 3.30. The normalized spacial score (nSPS) is 23.3. The van der Waals surface area contributed by atoms with Crippen molar-refractivity contribution in [3.05, 3.63) is 65.7 Å². The molecule has 0 unspecified atom stereocenters. The van der Waals surface area contributed by atoms with Gasteiger partial charge in [0.05, 0.1) is 30.8 Å². The summed E-state index contributed by atoms with van der Waals surface area (Å²) in [6.45, 7) is 2.09. The molecular formula is C22H24FN3O3. The number of carbonyl (C=O) groups excluding carboxylic acids is 2. The summed E-state index contributed by atoms with van der Waals surface area (Å²) in [4.78, 5) is 33.2. The fraction of sp³-hybridized carbons (Fsp3) is 0.409. The minimum absolute atomic E-state index is 0.0716. The Kier molecular flexibility index (Phi) is 5.58. The van der Waals surface area contributed by atoms with E-state index in [1.807, 2.05) is 35.2 Å². The first kappa shape index (κ1) is 19.5. The molecule has 0 N–H and O–H groups in total. The molecule has 1 aromatic heterocycles. The van der Waals surface area contributed by atoms with Gasteiger partial charge in [0.15, 0.2) is 0 Å². The van der Waals surface area contributed by atoms with Crippen molar-refractivity contribution in [1.29, 1.82) is 0 Å². The van der Waals surface area contributed by atoms with Gasteiger partial charge in [-0.2, -0.15) is 0 Å². The maximum Gasteiger partial charge on any atom is 0.255 e. The Morgan fingerprint density at radius 1 is 1.17 bits per heavy atom. The predicted octanol–water partition coefficient (Wildman–Crippen LogP) is 2.53. The van der Waals surface area contributed by atoms with Crippen molar-refractivity contribution < 1.29 is 18.7 Å². The molecule has 2 aliphatic heterocycles. The van der Waals surface area contributed by atoms with Gasteiger partial charge in [-0.05, 0) is 11.6 Å². The van der Waals surface area contributed by atoms with Crippen molar-refractivity contribution >= 4 is 11.8 Å². The summed E-state index contributed by atoms with van der Waals surface area (Å²) in [5, 5.41) is 0. The van der Waals surface area contributed by atoms with Gasteiger partial charge in [-0.1, -0.05) is 30.3 Å². The van der Waals surface area contributed by atoms with Crippen molar-refractivity contribution in [2.24, 2.45) is 11.8 Å². The highest BCUT2D eigenvalue weighted by atomic mass is 19.1. The number of methoxy groups -OCH3 is 1. The van der Waals surface area contributed by atoms with Crippen LogP contribution in [0.1, 0.15) is 28.4 Å². The number of ether oxygens (including phenoxy) is 1. The van der Waals surface area contributed by atoms with E-state index in [0.29, 0.717) is 32.7 Å². The molecule has 0 bridgehead atoms. The van der Waals surface area contributed by atoms with Gasteiger partial charge in [0, 0.05) is 44.8 Å². The van der Waals surface area contributed by atoms with Crippen molar-refractivity contribution in [3.8, 4) is 0 Å². The molecule has 2 aliphatic rings. The SMILES string of the molecule is COCCC(=O)N1C[C@@H]2CN(C(=O)c3cncc(F)c3)C[C@@H]2[C@H]1c1ccccc1. The zero-order chi connectivity index (χ0) is 20.4. The van der Waals surface area contributed by atoms with Gasteiger partial charge in [0.25, 0.3) is 5.91 Å². The molecule has 2 aromatic rings. The van der Waals surface area contributed by atoms with Crippen LogP contribution in [0.2, 0.25) is 0 Å². The van der Waals surface area contributed by atoms with E-state index < -0.39 is 5.82 Å². The van der Waals surface area contributed by atoms with Crippen LogP contribution in [0.4, 0.5) is 4.39 Å². The Hall–Kier alpha value is -2.80. The van der Waals surface area contributed by atoms with Crippen LogP contribution in [0.25, 0.3) is 0 Å². The Labute approximate surface area is 169 Å². The number of aromatic nitrogens is 1. The highest BCUT2D eigenvalue weighted by Gasteiger charge is 2.49. The molecule has 0 spiro atoms. The molecule has 152 valence electrons. The largest absolute Gasteiger partial charge is 0.384 e. The molecule has 1 aromatic carbocycles. The fourth-order valence-corrected chi connectivity index (χ4v) is 4.59. The first-order chi connectivity index (χ1) is 14.1. The molecule has 3 atom stereocenters. The summed E-state index contributed by atoms with van der Waals surface area (Å²) in [6.07, 6.45) is 2.83. The van der Waals surface area contributed by atoms with Crippen LogP contribution in [-0.4, -0.2) is 59.9 Å². The fourth-order valence-electron chi connectivity index (χ4n) is 4.59. The lowest BCUT2D eigenvalue weighted by Gasteiger charge is -2.30. The highest BCUT2D eigenvalue weighted by molar-refractivity contribution is 5.94. The number of amides is 2. The molecule has 7 heteroatoms. The molecule has 6 nitrogen and oxygen atoms in total. The Morgan fingerprint density at radius 2 is 1.97 bits per heavy atom. The van der Waals surface area contributed by atoms with Gasteiger partial charge in [-0.3, -0.25) is 14.6 Å². The van der Waals surface area contributed by atoms with Crippen LogP contribution in [0.3, 0.4) is 0 Å². The number of fused-ring (bicyclic) bond motifs is 1. The van der Waals surface area contributed by atoms with E-state index in [1.165, 1.54) is 12.3 Å². The topological polar surface area (TPSA) is 62.7 Å². The predicted molar refractivity (Wildman–Crippen MR) is 104 cm³/mol. The standard InChI is InChI=1S/C22H24FN3O3/c1-29-8-7-20(27)26-13-17-12-25(22(28)16-9-18(23)11-24-10-16)14-19(17)21(26)15-5-3-2-4-6-15/h2-6,9-11,17,19,21H,7-8,12-14H2,1H3/t17-,19-,21+/m0/s1. The smallest absolute Gasteiger partial charge is 0.255 e. The number of hydrogen-bond donors (Lipinski definition) is 0. The molecule has 0 saturated carbocycles. The van der Waals surface area contributed by atoms with E-state index in [9.17, 15) is 14.0 Å². The number of benzene rings is 1. The molecule has 2 saturated heterocycles. The zero-order valence-corrected chi connectivity index (χ0v) is 16.3. The van der Waals surface area contributed by atoms with Crippen molar-refractivity contribution in [1.82, 2.24) is 14.8 Å². The lowest BCUT2D eigenvalue weighted by molar-refractivity contribution is -0.133. The quantitative estimate of drug-likeness (QED) is 0.778. The maximum absolute atomic E-state index is 13.5. The number of rotatable bonds is 5. The first-order valence-corrected chi connectivity index (χ1v) is 9.81. The van der Waals surface area contributed by atoms with Crippen LogP contribution in [0.15, 0.2) is 48.8 Å². The lowest BCUT2D eigenvalue weighted by atomic mass is 9.89. The molecule has 0 aliphatic carbocycles.